The van der Waals surface area contributed by atoms with Crippen molar-refractivity contribution < 1.29 is 0 Å². The molecule has 1 rings (SSSR count). The van der Waals surface area contributed by atoms with Gasteiger partial charge >= 0.3 is 0 Å². The van der Waals surface area contributed by atoms with E-state index in [1.54, 1.807) is 16.8 Å². The number of nitrogens with zero attached hydrogens (tertiary/aromatic N) is 2. The maximum absolute atomic E-state index is 11.5. The number of hydrogen-bond donors (Lipinski definition) is 2. The first-order valence-corrected chi connectivity index (χ1v) is 6.32. The van der Waals surface area contributed by atoms with Crippen LogP contribution in [0.25, 0.3) is 0 Å². The van der Waals surface area contributed by atoms with Crippen LogP contribution in [0.15, 0.2) is 32.6 Å². The zero-order chi connectivity index (χ0) is 12.7. The number of nitrogens with two attached hydrogens (primary N) is 1. The van der Waals surface area contributed by atoms with Gasteiger partial charge in [0.25, 0.3) is 5.56 Å². The van der Waals surface area contributed by atoms with Crippen LogP contribution in [0.2, 0.25) is 0 Å². The van der Waals surface area contributed by atoms with E-state index in [0.29, 0.717) is 19.0 Å². The maximum atomic E-state index is 11.5. The topological polar surface area (TPSA) is 72.4 Å². The molecule has 0 aliphatic heterocycles. The lowest BCUT2D eigenvalue weighted by Gasteiger charge is -2.08. The summed E-state index contributed by atoms with van der Waals surface area (Å²) in [4.78, 5) is 15.6. The normalized spacial score (nSPS) is 11.5. The third-order valence-electron chi connectivity index (χ3n) is 2.11. The highest BCUT2D eigenvalue weighted by atomic mass is 79.9. The van der Waals surface area contributed by atoms with Gasteiger partial charge in [0.2, 0.25) is 0 Å². The Labute approximate surface area is 109 Å². The van der Waals surface area contributed by atoms with Crippen molar-refractivity contribution >= 4 is 21.9 Å². The molecule has 3 N–H and O–H groups in total. The Morgan fingerprint density at radius 2 is 2.35 bits per heavy atom. The Hall–Kier alpha value is -1.30. The number of pyridine rings is 1. The fraction of sp³-hybridized carbons (Fsp3) is 0.455. The second kappa shape index (κ2) is 7.11. The molecule has 0 bridgehead atoms. The first kappa shape index (κ1) is 13.8. The van der Waals surface area contributed by atoms with E-state index in [1.165, 1.54) is 6.07 Å². The van der Waals surface area contributed by atoms with Crippen molar-refractivity contribution in [1.82, 2.24) is 9.88 Å². The summed E-state index contributed by atoms with van der Waals surface area (Å²) in [5.41, 5.74) is 5.61. The van der Waals surface area contributed by atoms with Gasteiger partial charge in [-0.05, 0) is 28.4 Å². The van der Waals surface area contributed by atoms with Crippen LogP contribution in [-0.4, -0.2) is 23.6 Å². The Morgan fingerprint density at radius 1 is 1.59 bits per heavy atom. The molecule has 0 fully saturated rings. The Balaban J connectivity index is 2.46. The van der Waals surface area contributed by atoms with E-state index in [0.717, 1.165) is 17.4 Å². The van der Waals surface area contributed by atoms with Gasteiger partial charge in [0.15, 0.2) is 5.96 Å². The summed E-state index contributed by atoms with van der Waals surface area (Å²) < 4.78 is 2.49. The highest BCUT2D eigenvalue weighted by Crippen LogP contribution is 2.04. The van der Waals surface area contributed by atoms with Crippen LogP contribution in [0.3, 0.4) is 0 Å². The Kier molecular flexibility index (Phi) is 5.76. The molecule has 0 aromatic carbocycles. The minimum Gasteiger partial charge on any atom is -0.370 e. The molecule has 0 atom stereocenters. The zero-order valence-electron chi connectivity index (χ0n) is 9.82. The second-order valence-corrected chi connectivity index (χ2v) is 4.49. The molecule has 0 unspecified atom stereocenters. The predicted molar refractivity (Wildman–Crippen MR) is 73.2 cm³/mol. The summed E-state index contributed by atoms with van der Waals surface area (Å²) in [5, 5.41) is 2.97. The largest absolute Gasteiger partial charge is 0.370 e. The van der Waals surface area contributed by atoms with Gasteiger partial charge in [0, 0.05) is 36.4 Å². The molecule has 1 aromatic heterocycles. The molecular weight excluding hydrogens is 284 g/mol. The summed E-state index contributed by atoms with van der Waals surface area (Å²) in [7, 11) is 0. The smallest absolute Gasteiger partial charge is 0.250 e. The molecule has 1 heterocycles. The summed E-state index contributed by atoms with van der Waals surface area (Å²) in [5.74, 6) is 0.426. The highest BCUT2D eigenvalue weighted by Gasteiger charge is 1.97. The quantitative estimate of drug-likeness (QED) is 0.627. The van der Waals surface area contributed by atoms with Crippen LogP contribution in [0, 0.1) is 0 Å². The molecule has 0 aliphatic carbocycles. The van der Waals surface area contributed by atoms with Crippen LogP contribution in [-0.2, 0) is 6.54 Å². The molecule has 0 saturated carbocycles. The van der Waals surface area contributed by atoms with E-state index in [2.05, 4.69) is 26.2 Å². The zero-order valence-corrected chi connectivity index (χ0v) is 11.4. The first-order valence-electron chi connectivity index (χ1n) is 5.53. The summed E-state index contributed by atoms with van der Waals surface area (Å²) in [6, 6.07) is 3.25. The van der Waals surface area contributed by atoms with Crippen LogP contribution in [0.1, 0.15) is 13.3 Å². The van der Waals surface area contributed by atoms with E-state index >= 15 is 0 Å². The standard InChI is InChI=1S/C11H17BrN4O/c1-2-5-14-11(13)15-6-7-16-8-9(12)3-4-10(16)17/h3-4,8H,2,5-7H2,1H3,(H3,13,14,15). The minimum atomic E-state index is -0.0286. The summed E-state index contributed by atoms with van der Waals surface area (Å²) in [6.07, 6.45) is 2.72. The molecule has 5 nitrogen and oxygen atoms in total. The van der Waals surface area contributed by atoms with E-state index < -0.39 is 0 Å². The van der Waals surface area contributed by atoms with E-state index in [4.69, 9.17) is 5.73 Å². The average molecular weight is 301 g/mol. The lowest BCUT2D eigenvalue weighted by molar-refractivity contribution is 0.647. The molecule has 17 heavy (non-hydrogen) atoms. The van der Waals surface area contributed by atoms with Crippen LogP contribution in [0.5, 0.6) is 0 Å². The molecule has 0 spiro atoms. The number of hydrogen-bond acceptors (Lipinski definition) is 2. The Bertz CT molecular complexity index is 441. The summed E-state index contributed by atoms with van der Waals surface area (Å²) >= 11 is 3.32. The predicted octanol–water partition coefficient (Wildman–Crippen LogP) is 0.925. The number of aromatic nitrogens is 1. The average Bonchev–Trinajstić information content (AvgIpc) is 2.31. The van der Waals surface area contributed by atoms with Crippen molar-refractivity contribution in [2.75, 3.05) is 13.1 Å². The van der Waals surface area contributed by atoms with E-state index in [-0.39, 0.29) is 5.56 Å². The van der Waals surface area contributed by atoms with Crippen molar-refractivity contribution in [3.05, 3.63) is 33.2 Å². The first-order chi connectivity index (χ1) is 8.13. The molecular formula is C11H17BrN4O. The second-order valence-electron chi connectivity index (χ2n) is 3.57. The van der Waals surface area contributed by atoms with Crippen molar-refractivity contribution in [3.8, 4) is 0 Å². The van der Waals surface area contributed by atoms with Crippen molar-refractivity contribution in [2.45, 2.75) is 19.9 Å². The van der Waals surface area contributed by atoms with Gasteiger partial charge < -0.3 is 15.6 Å². The van der Waals surface area contributed by atoms with Gasteiger partial charge in [-0.3, -0.25) is 9.79 Å². The van der Waals surface area contributed by atoms with E-state index in [1.807, 2.05) is 6.92 Å². The monoisotopic (exact) mass is 300 g/mol. The number of nitrogens with one attached hydrogen (secondary N) is 1. The fourth-order valence-electron chi connectivity index (χ4n) is 1.27. The number of aliphatic imine (C=N–C) groups is 1. The minimum absolute atomic E-state index is 0.0286. The number of rotatable bonds is 5. The molecule has 0 radical (unpaired) electrons. The van der Waals surface area contributed by atoms with Gasteiger partial charge in [0.05, 0.1) is 0 Å². The van der Waals surface area contributed by atoms with Crippen molar-refractivity contribution in [1.29, 1.82) is 0 Å². The van der Waals surface area contributed by atoms with Gasteiger partial charge in [0.1, 0.15) is 0 Å². The lowest BCUT2D eigenvalue weighted by atomic mass is 10.4. The molecule has 94 valence electrons. The van der Waals surface area contributed by atoms with Gasteiger partial charge in [-0.2, -0.15) is 0 Å². The molecule has 0 amide bonds. The molecule has 0 saturated heterocycles. The third-order valence-corrected chi connectivity index (χ3v) is 2.58. The SMILES string of the molecule is CCCN=C(N)NCCn1cc(Br)ccc1=O. The summed E-state index contributed by atoms with van der Waals surface area (Å²) in [6.45, 7) is 3.89. The molecule has 6 heteroatoms. The fourth-order valence-corrected chi connectivity index (χ4v) is 1.65. The van der Waals surface area contributed by atoms with Gasteiger partial charge in [-0.1, -0.05) is 6.92 Å². The molecule has 1 aromatic rings. The van der Waals surface area contributed by atoms with Crippen molar-refractivity contribution in [2.24, 2.45) is 10.7 Å². The van der Waals surface area contributed by atoms with Crippen LogP contribution < -0.4 is 16.6 Å². The number of halogens is 1. The molecule has 0 aliphatic rings. The number of guanidine groups is 1. The Morgan fingerprint density at radius 3 is 3.06 bits per heavy atom. The van der Waals surface area contributed by atoms with Crippen molar-refractivity contribution in [3.63, 3.8) is 0 Å². The van der Waals surface area contributed by atoms with Gasteiger partial charge in [-0.25, -0.2) is 0 Å². The third kappa shape index (κ3) is 5.04. The maximum Gasteiger partial charge on any atom is 0.250 e. The van der Waals surface area contributed by atoms with Crippen LogP contribution >= 0.6 is 15.9 Å². The highest BCUT2D eigenvalue weighted by molar-refractivity contribution is 9.10. The lowest BCUT2D eigenvalue weighted by Crippen LogP contribution is -2.35. The van der Waals surface area contributed by atoms with Gasteiger partial charge in [-0.15, -0.1) is 0 Å². The van der Waals surface area contributed by atoms with Crippen LogP contribution in [0.4, 0.5) is 0 Å². The van der Waals surface area contributed by atoms with E-state index in [9.17, 15) is 4.79 Å².